The molecule has 0 saturated carbocycles. The van der Waals surface area contributed by atoms with Crippen LogP contribution in [0, 0.1) is 17.2 Å². The van der Waals surface area contributed by atoms with Crippen LogP contribution in [-0.2, 0) is 24.3 Å². The van der Waals surface area contributed by atoms with Gasteiger partial charge in [-0.2, -0.15) is 10.2 Å². The van der Waals surface area contributed by atoms with E-state index in [1.807, 2.05) is 41.0 Å². The van der Waals surface area contributed by atoms with Gasteiger partial charge in [0.25, 0.3) is 0 Å². The maximum absolute atomic E-state index is 11.5. The number of fused-ring (bicyclic) bond motifs is 2. The van der Waals surface area contributed by atoms with E-state index in [0.717, 1.165) is 53.6 Å². The van der Waals surface area contributed by atoms with Crippen molar-refractivity contribution in [3.8, 4) is 40.3 Å². The van der Waals surface area contributed by atoms with E-state index in [1.165, 1.54) is 0 Å². The number of carboxylic acid groups (broad SMARTS) is 1. The minimum Gasteiger partial charge on any atom is -0.481 e. The Morgan fingerprint density at radius 1 is 1.04 bits per heavy atom. The number of aliphatic hydroxyl groups is 1. The lowest BCUT2D eigenvalue weighted by Gasteiger charge is -2.20. The molecule has 3 aromatic heterocycles. The van der Waals surface area contributed by atoms with Gasteiger partial charge in [-0.1, -0.05) is 53.5 Å². The molecule has 2 aromatic carbocycles. The summed E-state index contributed by atoms with van der Waals surface area (Å²) >= 11 is 14.0. The van der Waals surface area contributed by atoms with Gasteiger partial charge in [0.05, 0.1) is 29.5 Å². The number of aliphatic carboxylic acids is 1. The zero-order valence-corrected chi connectivity index (χ0v) is 32.7. The predicted octanol–water partition coefficient (Wildman–Crippen LogP) is 6.72. The number of β-amino-alcohol motifs (C(OH)–C–C–N with tert-alkyl or cyclic N) is 1. The zero-order valence-electron chi connectivity index (χ0n) is 31.2. The molecule has 2 fully saturated rings. The van der Waals surface area contributed by atoms with E-state index in [9.17, 15) is 20.3 Å². The van der Waals surface area contributed by atoms with Crippen molar-refractivity contribution in [1.82, 2.24) is 19.4 Å². The first kappa shape index (κ1) is 38.0. The number of methoxy groups -OCH3 is 1. The van der Waals surface area contributed by atoms with E-state index >= 15 is 0 Å². The van der Waals surface area contributed by atoms with Gasteiger partial charge in [-0.05, 0) is 67.1 Å². The highest BCUT2D eigenvalue weighted by Gasteiger charge is 2.31. The summed E-state index contributed by atoms with van der Waals surface area (Å²) in [4.78, 5) is 25.0. The number of carboxylic acids is 1. The number of likely N-dealkylation sites (tertiary alicyclic amines) is 2. The number of pyridine rings is 2. The summed E-state index contributed by atoms with van der Waals surface area (Å²) in [6, 6.07) is 18.0. The van der Waals surface area contributed by atoms with Crippen LogP contribution in [0.3, 0.4) is 0 Å². The topological polar surface area (TPSA) is 150 Å². The molecule has 0 radical (unpaired) electrons. The number of nitriles is 1. The molecule has 5 heterocycles. The second kappa shape index (κ2) is 15.9. The summed E-state index contributed by atoms with van der Waals surface area (Å²) in [6.45, 7) is 4.36. The highest BCUT2D eigenvalue weighted by Crippen LogP contribution is 2.45. The Morgan fingerprint density at radius 2 is 1.82 bits per heavy atom. The number of benzene rings is 2. The van der Waals surface area contributed by atoms with Crippen LogP contribution in [0.5, 0.6) is 11.8 Å². The van der Waals surface area contributed by atoms with Gasteiger partial charge in [0.15, 0.2) is 5.58 Å². The Hall–Kier alpha value is -4.90. The lowest BCUT2D eigenvalue weighted by Crippen LogP contribution is -2.31. The Balaban J connectivity index is 1.07. The summed E-state index contributed by atoms with van der Waals surface area (Å²) in [7, 11) is 3.29. The molecule has 56 heavy (non-hydrogen) atoms. The summed E-state index contributed by atoms with van der Waals surface area (Å²) in [6.07, 6.45) is 3.98. The van der Waals surface area contributed by atoms with Gasteiger partial charge in [0.1, 0.15) is 34.0 Å². The van der Waals surface area contributed by atoms with Gasteiger partial charge in [-0.15, -0.1) is 0 Å². The second-order valence-electron chi connectivity index (χ2n) is 14.7. The number of ether oxygens (including phenoxy) is 2. The smallest absolute Gasteiger partial charge is 0.307 e. The molecule has 8 rings (SSSR count). The van der Waals surface area contributed by atoms with Gasteiger partial charge in [-0.25, -0.2) is 0 Å². The van der Waals surface area contributed by atoms with Crippen molar-refractivity contribution in [2.45, 2.75) is 51.0 Å². The van der Waals surface area contributed by atoms with Crippen LogP contribution in [0.15, 0.2) is 64.1 Å². The third kappa shape index (κ3) is 7.26. The summed E-state index contributed by atoms with van der Waals surface area (Å²) < 4.78 is 20.5. The number of furan rings is 1. The quantitative estimate of drug-likeness (QED) is 0.148. The van der Waals surface area contributed by atoms with Gasteiger partial charge in [0.2, 0.25) is 11.8 Å². The van der Waals surface area contributed by atoms with Crippen molar-refractivity contribution in [2.75, 3.05) is 46.9 Å². The van der Waals surface area contributed by atoms with Crippen LogP contribution in [0.4, 0.5) is 0 Å². The van der Waals surface area contributed by atoms with E-state index in [1.54, 1.807) is 20.4 Å². The number of aliphatic hydroxyl groups excluding tert-OH is 1. The van der Waals surface area contributed by atoms with E-state index in [4.69, 9.17) is 37.1 Å². The molecular formula is C42H42Cl2N6O6. The molecule has 12 nitrogen and oxygen atoms in total. The summed E-state index contributed by atoms with van der Waals surface area (Å²) in [5.41, 5.74) is 6.98. The fourth-order valence-corrected chi connectivity index (χ4v) is 8.96. The van der Waals surface area contributed by atoms with Crippen LogP contribution in [0.1, 0.15) is 47.6 Å². The van der Waals surface area contributed by atoms with E-state index < -0.39 is 5.97 Å². The molecular weight excluding hydrogens is 755 g/mol. The highest BCUT2D eigenvalue weighted by molar-refractivity contribution is 6.36. The molecule has 290 valence electrons. The SMILES string of the molecule is CN=c1c2cc(-c3cccc(-c4cccc5c4CC[C@@H]5Oc4nc(OC)c(CN5CC[C@@H](O)C5)cc4Cl)c3Cl)oc2c(C#N)cn1CCN1CC[C@@H](C(=O)O)C1. The maximum Gasteiger partial charge on any atom is 0.307 e. The second-order valence-corrected chi connectivity index (χ2v) is 15.5. The minimum atomic E-state index is -0.765. The fraction of sp³-hybridized carbons (Fsp3) is 0.381. The monoisotopic (exact) mass is 796 g/mol. The number of rotatable bonds is 11. The Bertz CT molecular complexity index is 2440. The number of hydrogen-bond donors (Lipinski definition) is 2. The molecule has 0 bridgehead atoms. The Labute approximate surface area is 334 Å². The van der Waals surface area contributed by atoms with E-state index in [2.05, 4.69) is 38.0 Å². The van der Waals surface area contributed by atoms with Gasteiger partial charge in [-0.3, -0.25) is 14.7 Å². The minimum absolute atomic E-state index is 0.284. The molecule has 2 N–H and O–H groups in total. The molecule has 3 aliphatic rings. The predicted molar refractivity (Wildman–Crippen MR) is 212 cm³/mol. The number of carbonyl (C=O) groups is 1. The molecule has 0 amide bonds. The normalized spacial score (nSPS) is 20.1. The third-order valence-corrected chi connectivity index (χ3v) is 11.9. The molecule has 2 saturated heterocycles. The van der Waals surface area contributed by atoms with Crippen molar-refractivity contribution in [2.24, 2.45) is 10.9 Å². The molecule has 14 heteroatoms. The van der Waals surface area contributed by atoms with Crippen molar-refractivity contribution in [1.29, 1.82) is 5.26 Å². The molecule has 3 atom stereocenters. The van der Waals surface area contributed by atoms with Crippen LogP contribution >= 0.6 is 23.2 Å². The summed E-state index contributed by atoms with van der Waals surface area (Å²) in [5.74, 6) is 0.145. The maximum atomic E-state index is 11.5. The first-order valence-corrected chi connectivity index (χ1v) is 19.6. The number of aromatic nitrogens is 2. The Kier molecular flexibility index (Phi) is 10.8. The fourth-order valence-electron chi connectivity index (χ4n) is 8.43. The first-order valence-electron chi connectivity index (χ1n) is 18.8. The van der Waals surface area contributed by atoms with Crippen LogP contribution < -0.4 is 15.0 Å². The molecule has 5 aromatic rings. The molecule has 0 unspecified atom stereocenters. The van der Waals surface area contributed by atoms with Gasteiger partial charge in [0, 0.05) is 69.2 Å². The largest absolute Gasteiger partial charge is 0.481 e. The van der Waals surface area contributed by atoms with Crippen molar-refractivity contribution < 1.29 is 28.9 Å². The third-order valence-electron chi connectivity index (χ3n) is 11.2. The molecule has 0 spiro atoms. The van der Waals surface area contributed by atoms with E-state index in [0.29, 0.717) is 101 Å². The zero-order chi connectivity index (χ0) is 39.1. The van der Waals surface area contributed by atoms with Gasteiger partial charge < -0.3 is 33.6 Å². The Morgan fingerprint density at radius 3 is 2.55 bits per heavy atom. The van der Waals surface area contributed by atoms with Crippen molar-refractivity contribution in [3.05, 3.63) is 92.5 Å². The highest BCUT2D eigenvalue weighted by atomic mass is 35.5. The number of halogens is 2. The average Bonchev–Trinajstić information content (AvgIpc) is 4.02. The summed E-state index contributed by atoms with van der Waals surface area (Å²) in [5, 5.41) is 31.2. The molecule has 1 aliphatic carbocycles. The van der Waals surface area contributed by atoms with Crippen LogP contribution in [-0.4, -0.2) is 88.5 Å². The van der Waals surface area contributed by atoms with Crippen LogP contribution in [0.25, 0.3) is 33.4 Å². The molecule has 2 aliphatic heterocycles. The number of hydrogen-bond acceptors (Lipinski definition) is 10. The first-order chi connectivity index (χ1) is 27.1. The van der Waals surface area contributed by atoms with E-state index in [-0.39, 0.29) is 18.1 Å². The van der Waals surface area contributed by atoms with Crippen molar-refractivity contribution in [3.63, 3.8) is 0 Å². The average molecular weight is 798 g/mol. The van der Waals surface area contributed by atoms with Crippen molar-refractivity contribution >= 4 is 40.1 Å². The lowest BCUT2D eigenvalue weighted by atomic mass is 9.95. The van der Waals surface area contributed by atoms with Crippen LogP contribution in [0.2, 0.25) is 10.0 Å². The number of nitrogens with zero attached hydrogens (tertiary/aromatic N) is 6. The lowest BCUT2D eigenvalue weighted by molar-refractivity contribution is -0.141. The standard InChI is InChI=1S/C42H42Cl2N6O6/c1-46-39-33-18-36(55-38(33)26(19-45)22-50(39)16-15-48-13-11-24(20-48)42(52)53)32-8-4-7-31(37(32)44)28-5-3-6-30-29(28)9-10-35(30)56-41-34(43)17-25(40(47-41)54-2)21-49-14-12-27(51)23-49/h3-8,17-18,22,24,27,35,51H,9-16,20-21,23H2,1-2H3,(H,52,53)/t24-,27-,35+/m1/s1. The van der Waals surface area contributed by atoms with Gasteiger partial charge >= 0.3 is 5.97 Å².